The van der Waals surface area contributed by atoms with Crippen molar-refractivity contribution in [2.45, 2.75) is 108 Å². The van der Waals surface area contributed by atoms with Gasteiger partial charge in [0.1, 0.15) is 0 Å². The van der Waals surface area contributed by atoms with Crippen LogP contribution < -0.4 is 5.32 Å². The summed E-state index contributed by atoms with van der Waals surface area (Å²) in [5, 5.41) is 3.36. The van der Waals surface area contributed by atoms with Gasteiger partial charge in [0.2, 0.25) is 5.91 Å². The van der Waals surface area contributed by atoms with E-state index in [0.717, 1.165) is 43.7 Å². The van der Waals surface area contributed by atoms with Gasteiger partial charge in [-0.2, -0.15) is 0 Å². The van der Waals surface area contributed by atoms with Crippen LogP contribution in [-0.2, 0) is 11.2 Å². The van der Waals surface area contributed by atoms with E-state index >= 15 is 0 Å². The lowest BCUT2D eigenvalue weighted by atomic mass is 9.99. The van der Waals surface area contributed by atoms with Gasteiger partial charge in [-0.15, -0.1) is 11.8 Å². The number of likely N-dealkylation sites (tertiary alicyclic amines) is 1. The Balaban J connectivity index is 1.77. The fourth-order valence-corrected chi connectivity index (χ4v) is 5.83. The number of carbonyl (C=O) groups excluding carboxylic acids is 1. The Morgan fingerprint density at radius 2 is 1.86 bits per heavy atom. The minimum absolute atomic E-state index is 0.180. The van der Waals surface area contributed by atoms with Crippen LogP contribution >= 0.6 is 11.8 Å². The molecule has 1 heterocycles. The number of nitrogens with zero attached hydrogens (tertiary/aromatic N) is 2. The SMILES string of the molecule is C=Nc1ccc(CC)cc1SCCCC(=O)NC(CCCCCCCC)CC(=C)CN1CCCC1. The highest BCUT2D eigenvalue weighted by atomic mass is 32.2. The predicted molar refractivity (Wildman–Crippen MR) is 154 cm³/mol. The third-order valence-electron chi connectivity index (χ3n) is 6.86. The first-order valence-corrected chi connectivity index (χ1v) is 14.9. The zero-order valence-corrected chi connectivity index (χ0v) is 23.3. The normalized spacial score (nSPS) is 14.7. The molecule has 1 fully saturated rings. The van der Waals surface area contributed by atoms with Crippen LogP contribution in [0.25, 0.3) is 0 Å². The number of aryl methyl sites for hydroxylation is 1. The molecule has 1 saturated heterocycles. The monoisotopic (exact) mass is 499 g/mol. The smallest absolute Gasteiger partial charge is 0.220 e. The van der Waals surface area contributed by atoms with Crippen LogP contribution in [0.15, 0.2) is 40.2 Å². The molecule has 0 aliphatic carbocycles. The fraction of sp³-hybridized carbons (Fsp3) is 0.667. The first-order valence-electron chi connectivity index (χ1n) is 14.0. The zero-order valence-electron chi connectivity index (χ0n) is 22.5. The molecular formula is C30H49N3OS. The first kappa shape index (κ1) is 29.6. The maximum absolute atomic E-state index is 12.8. The number of thioether (sulfide) groups is 1. The molecule has 1 aliphatic rings. The summed E-state index contributed by atoms with van der Waals surface area (Å²) in [4.78, 5) is 20.6. The number of hydrogen-bond donors (Lipinski definition) is 1. The molecule has 5 heteroatoms. The highest BCUT2D eigenvalue weighted by molar-refractivity contribution is 7.99. The van der Waals surface area contributed by atoms with Crippen LogP contribution in [-0.4, -0.2) is 49.0 Å². The molecule has 1 aromatic carbocycles. The number of aliphatic imine (C=N–C) groups is 1. The van der Waals surface area contributed by atoms with E-state index in [4.69, 9.17) is 0 Å². The summed E-state index contributed by atoms with van der Waals surface area (Å²) in [6.07, 6.45) is 14.7. The number of unbranched alkanes of at least 4 members (excludes halogenated alkanes) is 5. The number of hydrogen-bond acceptors (Lipinski definition) is 4. The average Bonchev–Trinajstić information content (AvgIpc) is 3.36. The molecule has 35 heavy (non-hydrogen) atoms. The Bertz CT molecular complexity index is 773. The third-order valence-corrected chi connectivity index (χ3v) is 7.99. The molecule has 4 nitrogen and oxygen atoms in total. The van der Waals surface area contributed by atoms with Crippen molar-refractivity contribution in [3.05, 3.63) is 35.9 Å². The second kappa shape index (κ2) is 17.8. The van der Waals surface area contributed by atoms with Gasteiger partial charge in [-0.25, -0.2) is 0 Å². The van der Waals surface area contributed by atoms with E-state index < -0.39 is 0 Å². The zero-order chi connectivity index (χ0) is 25.3. The summed E-state index contributed by atoms with van der Waals surface area (Å²) >= 11 is 1.78. The van der Waals surface area contributed by atoms with Crippen LogP contribution in [0.3, 0.4) is 0 Å². The van der Waals surface area contributed by atoms with E-state index in [2.05, 4.69) is 54.5 Å². The predicted octanol–water partition coefficient (Wildman–Crippen LogP) is 7.73. The fourth-order valence-electron chi connectivity index (χ4n) is 4.81. The summed E-state index contributed by atoms with van der Waals surface area (Å²) in [7, 11) is 0. The summed E-state index contributed by atoms with van der Waals surface area (Å²) in [5.74, 6) is 1.09. The van der Waals surface area contributed by atoms with Gasteiger partial charge >= 0.3 is 0 Å². The van der Waals surface area contributed by atoms with Gasteiger partial charge in [-0.05, 0) is 81.8 Å². The van der Waals surface area contributed by atoms with Crippen LogP contribution in [0, 0.1) is 0 Å². The van der Waals surface area contributed by atoms with Crippen molar-refractivity contribution >= 4 is 30.1 Å². The molecule has 0 radical (unpaired) electrons. The van der Waals surface area contributed by atoms with E-state index in [0.29, 0.717) is 6.42 Å². The molecule has 2 rings (SSSR count). The van der Waals surface area contributed by atoms with Gasteiger partial charge in [0.05, 0.1) is 5.69 Å². The number of rotatable bonds is 19. The van der Waals surface area contributed by atoms with Gasteiger partial charge in [0, 0.05) is 23.9 Å². The molecule has 1 aliphatic heterocycles. The minimum Gasteiger partial charge on any atom is -0.353 e. The Labute approximate surface area is 219 Å². The lowest BCUT2D eigenvalue weighted by Gasteiger charge is -2.23. The number of nitrogens with one attached hydrogen (secondary N) is 1. The average molecular weight is 500 g/mol. The van der Waals surface area contributed by atoms with Crippen molar-refractivity contribution in [1.82, 2.24) is 10.2 Å². The van der Waals surface area contributed by atoms with Gasteiger partial charge < -0.3 is 5.32 Å². The van der Waals surface area contributed by atoms with E-state index in [1.54, 1.807) is 11.8 Å². The second-order valence-electron chi connectivity index (χ2n) is 10.0. The van der Waals surface area contributed by atoms with Crippen molar-refractivity contribution in [3.63, 3.8) is 0 Å². The molecule has 1 N–H and O–H groups in total. The summed E-state index contributed by atoms with van der Waals surface area (Å²) in [6.45, 7) is 15.8. The summed E-state index contributed by atoms with van der Waals surface area (Å²) in [6, 6.07) is 6.58. The molecule has 0 saturated carbocycles. The van der Waals surface area contributed by atoms with Crippen molar-refractivity contribution < 1.29 is 4.79 Å². The summed E-state index contributed by atoms with van der Waals surface area (Å²) in [5.41, 5.74) is 3.51. The Hall–Kier alpha value is -1.59. The molecule has 0 bridgehead atoms. The number of benzene rings is 1. The Morgan fingerprint density at radius 3 is 2.57 bits per heavy atom. The lowest BCUT2D eigenvalue weighted by molar-refractivity contribution is -0.121. The van der Waals surface area contributed by atoms with Crippen LogP contribution in [0.1, 0.15) is 96.5 Å². The highest BCUT2D eigenvalue weighted by Crippen LogP contribution is 2.31. The standard InChI is InChI=1S/C30H49N3OS/c1-5-7-8-9-10-11-15-27(22-25(3)24-33-19-12-13-20-33)32-30(34)16-14-21-35-29-23-26(6-2)17-18-28(29)31-4/h17-18,23,27H,3-16,19-22,24H2,1-2H3,(H,32,34). The highest BCUT2D eigenvalue weighted by Gasteiger charge is 2.17. The third kappa shape index (κ3) is 12.3. The molecule has 196 valence electrons. The maximum atomic E-state index is 12.8. The number of carbonyl (C=O) groups is 1. The van der Waals surface area contributed by atoms with Crippen LogP contribution in [0.4, 0.5) is 5.69 Å². The van der Waals surface area contributed by atoms with E-state index in [1.165, 1.54) is 80.5 Å². The van der Waals surface area contributed by atoms with Gasteiger partial charge in [0.15, 0.2) is 0 Å². The minimum atomic E-state index is 0.180. The summed E-state index contributed by atoms with van der Waals surface area (Å²) < 4.78 is 0. The molecule has 0 aromatic heterocycles. The van der Waals surface area contributed by atoms with Gasteiger partial charge in [-0.3, -0.25) is 14.7 Å². The van der Waals surface area contributed by atoms with Crippen LogP contribution in [0.5, 0.6) is 0 Å². The van der Waals surface area contributed by atoms with Gasteiger partial charge in [-0.1, -0.05) is 70.6 Å². The Morgan fingerprint density at radius 1 is 1.11 bits per heavy atom. The molecule has 1 aromatic rings. The van der Waals surface area contributed by atoms with E-state index in [-0.39, 0.29) is 11.9 Å². The van der Waals surface area contributed by atoms with Crippen LogP contribution in [0.2, 0.25) is 0 Å². The largest absolute Gasteiger partial charge is 0.353 e. The molecule has 1 amide bonds. The van der Waals surface area contributed by atoms with Crippen molar-refractivity contribution in [3.8, 4) is 0 Å². The molecule has 0 spiro atoms. The number of amides is 1. The molecule has 1 unspecified atom stereocenters. The van der Waals surface area contributed by atoms with Crippen molar-refractivity contribution in [2.24, 2.45) is 4.99 Å². The van der Waals surface area contributed by atoms with E-state index in [9.17, 15) is 4.79 Å². The maximum Gasteiger partial charge on any atom is 0.220 e. The van der Waals surface area contributed by atoms with E-state index in [1.807, 2.05) is 6.07 Å². The quantitative estimate of drug-likeness (QED) is 0.0916. The van der Waals surface area contributed by atoms with Crippen molar-refractivity contribution in [1.29, 1.82) is 0 Å². The van der Waals surface area contributed by atoms with Gasteiger partial charge in [0.25, 0.3) is 0 Å². The first-order chi connectivity index (χ1) is 17.0. The molecule has 1 atom stereocenters. The molecular weight excluding hydrogens is 450 g/mol. The second-order valence-corrected chi connectivity index (χ2v) is 11.2. The van der Waals surface area contributed by atoms with Crippen molar-refractivity contribution in [2.75, 3.05) is 25.4 Å². The Kier molecular flexibility index (Phi) is 15.1. The lowest BCUT2D eigenvalue weighted by Crippen LogP contribution is -2.36. The topological polar surface area (TPSA) is 44.7 Å².